The van der Waals surface area contributed by atoms with E-state index < -0.39 is 6.04 Å². The molecule has 8 nitrogen and oxygen atoms in total. The molecule has 2 saturated carbocycles. The lowest BCUT2D eigenvalue weighted by Gasteiger charge is -2.28. The van der Waals surface area contributed by atoms with Crippen LogP contribution in [0.3, 0.4) is 0 Å². The molecule has 34 heavy (non-hydrogen) atoms. The van der Waals surface area contributed by atoms with Gasteiger partial charge < -0.3 is 16.4 Å². The van der Waals surface area contributed by atoms with Crippen molar-refractivity contribution in [2.24, 2.45) is 23.5 Å². The maximum Gasteiger partial charge on any atom is 0.270 e. The van der Waals surface area contributed by atoms with E-state index >= 15 is 0 Å². The molecule has 0 spiro atoms. The van der Waals surface area contributed by atoms with Gasteiger partial charge in [-0.15, -0.1) is 0 Å². The van der Waals surface area contributed by atoms with Gasteiger partial charge in [0, 0.05) is 17.9 Å². The Morgan fingerprint density at radius 1 is 1.06 bits per heavy atom. The summed E-state index contributed by atoms with van der Waals surface area (Å²) in [6.07, 6.45) is 7.52. The van der Waals surface area contributed by atoms with Gasteiger partial charge in [-0.2, -0.15) is 5.10 Å². The minimum absolute atomic E-state index is 0.0429. The third-order valence-corrected chi connectivity index (χ3v) is 7.51. The zero-order valence-corrected chi connectivity index (χ0v) is 19.8. The zero-order chi connectivity index (χ0) is 24.0. The van der Waals surface area contributed by atoms with Gasteiger partial charge in [-0.1, -0.05) is 6.07 Å². The summed E-state index contributed by atoms with van der Waals surface area (Å²) in [5.74, 6) is 0.0910. The van der Waals surface area contributed by atoms with Crippen LogP contribution < -0.4 is 16.4 Å². The predicted octanol–water partition coefficient (Wildman–Crippen LogP) is 3.15. The number of hydrogen-bond acceptors (Lipinski definition) is 4. The van der Waals surface area contributed by atoms with Crippen LogP contribution in [0.5, 0.6) is 0 Å². The van der Waals surface area contributed by atoms with Crippen LogP contribution in [0.1, 0.15) is 79.5 Å². The van der Waals surface area contributed by atoms with Gasteiger partial charge in [-0.3, -0.25) is 19.1 Å². The lowest BCUT2D eigenvalue weighted by atomic mass is 9.88. The number of fused-ring (bicyclic) bond motifs is 1. The van der Waals surface area contributed by atoms with Crippen molar-refractivity contribution in [2.75, 3.05) is 5.32 Å². The first kappa shape index (κ1) is 22.6. The quantitative estimate of drug-likeness (QED) is 0.529. The molecule has 4 N–H and O–H groups in total. The number of carbonyl (C=O) groups is 3. The SMILES string of the molecule is CC(C)n1nccc1C(=O)NC(C(=O)Nc1ccc2c(c1)CCC2C(N)=O)C(C1CC1)C1CC1. The monoisotopic (exact) mass is 463 g/mol. The number of aromatic nitrogens is 2. The van der Waals surface area contributed by atoms with Gasteiger partial charge in [0.1, 0.15) is 11.7 Å². The highest BCUT2D eigenvalue weighted by Crippen LogP contribution is 2.51. The molecule has 0 radical (unpaired) electrons. The minimum Gasteiger partial charge on any atom is -0.369 e. The van der Waals surface area contributed by atoms with Crippen LogP contribution in [0, 0.1) is 17.8 Å². The van der Waals surface area contributed by atoms with E-state index in [2.05, 4.69) is 15.7 Å². The number of nitrogens with one attached hydrogen (secondary N) is 2. The summed E-state index contributed by atoms with van der Waals surface area (Å²) in [7, 11) is 0. The highest BCUT2D eigenvalue weighted by atomic mass is 16.2. The van der Waals surface area contributed by atoms with Crippen molar-refractivity contribution < 1.29 is 14.4 Å². The van der Waals surface area contributed by atoms with Crippen molar-refractivity contribution in [3.63, 3.8) is 0 Å². The number of hydrogen-bond donors (Lipinski definition) is 3. The van der Waals surface area contributed by atoms with E-state index in [0.29, 0.717) is 29.6 Å². The third-order valence-electron chi connectivity index (χ3n) is 7.51. The molecule has 8 heteroatoms. The molecule has 0 aliphatic heterocycles. The maximum absolute atomic E-state index is 13.6. The van der Waals surface area contributed by atoms with Crippen LogP contribution in [0.25, 0.3) is 0 Å². The zero-order valence-electron chi connectivity index (χ0n) is 19.8. The van der Waals surface area contributed by atoms with Crippen molar-refractivity contribution in [3.05, 3.63) is 47.3 Å². The average Bonchev–Trinajstić information content (AvgIpc) is 3.72. The molecule has 0 saturated heterocycles. The van der Waals surface area contributed by atoms with E-state index in [4.69, 9.17) is 5.73 Å². The van der Waals surface area contributed by atoms with Gasteiger partial charge in [0.15, 0.2) is 0 Å². The highest BCUT2D eigenvalue weighted by molar-refractivity contribution is 6.01. The number of primary amides is 1. The van der Waals surface area contributed by atoms with Crippen LogP contribution >= 0.6 is 0 Å². The Bertz CT molecular complexity index is 1100. The molecule has 0 bridgehead atoms. The largest absolute Gasteiger partial charge is 0.369 e. The highest BCUT2D eigenvalue weighted by Gasteiger charge is 2.48. The van der Waals surface area contributed by atoms with E-state index in [0.717, 1.165) is 43.2 Å². The lowest BCUT2D eigenvalue weighted by molar-refractivity contribution is -0.120. The molecular weight excluding hydrogens is 430 g/mol. The standard InChI is InChI=1S/C26H33N5O3/c1-14(2)31-21(11-12-28-31)25(33)30-23(22(15-3-4-15)16-5-6-16)26(34)29-18-8-10-19-17(13-18)7-9-20(19)24(27)32/h8,10-16,20,22-23H,3-7,9H2,1-2H3,(H2,27,32)(H,29,34)(H,30,33). The molecule has 5 rings (SSSR count). The van der Waals surface area contributed by atoms with Gasteiger partial charge in [0.25, 0.3) is 5.91 Å². The second kappa shape index (κ2) is 8.89. The van der Waals surface area contributed by atoms with Gasteiger partial charge in [-0.05, 0) is 99.5 Å². The number of anilines is 1. The minimum atomic E-state index is -0.602. The second-order valence-corrected chi connectivity index (χ2v) is 10.4. The molecule has 3 aliphatic rings. The fourth-order valence-electron chi connectivity index (χ4n) is 5.56. The Morgan fingerprint density at radius 3 is 2.38 bits per heavy atom. The lowest BCUT2D eigenvalue weighted by Crippen LogP contribution is -2.50. The van der Waals surface area contributed by atoms with E-state index in [9.17, 15) is 14.4 Å². The first-order valence-corrected chi connectivity index (χ1v) is 12.4. The van der Waals surface area contributed by atoms with Crippen molar-refractivity contribution in [2.45, 2.75) is 70.4 Å². The molecule has 2 aromatic rings. The van der Waals surface area contributed by atoms with Crippen molar-refractivity contribution in [1.82, 2.24) is 15.1 Å². The van der Waals surface area contributed by atoms with E-state index in [1.807, 2.05) is 32.0 Å². The van der Waals surface area contributed by atoms with Gasteiger partial charge in [0.05, 0.1) is 5.92 Å². The van der Waals surface area contributed by atoms with Crippen molar-refractivity contribution in [1.29, 1.82) is 0 Å². The molecule has 1 aromatic carbocycles. The van der Waals surface area contributed by atoms with Crippen LogP contribution in [0.2, 0.25) is 0 Å². The maximum atomic E-state index is 13.6. The van der Waals surface area contributed by atoms with Crippen molar-refractivity contribution in [3.8, 4) is 0 Å². The molecule has 180 valence electrons. The summed E-state index contributed by atoms with van der Waals surface area (Å²) in [4.78, 5) is 38.5. The first-order valence-electron chi connectivity index (χ1n) is 12.4. The number of aryl methyl sites for hydroxylation is 1. The molecule has 3 aliphatic carbocycles. The number of amides is 3. The van der Waals surface area contributed by atoms with Gasteiger partial charge in [-0.25, -0.2) is 0 Å². The van der Waals surface area contributed by atoms with Crippen LogP contribution in [0.15, 0.2) is 30.5 Å². The average molecular weight is 464 g/mol. The summed E-state index contributed by atoms with van der Waals surface area (Å²) >= 11 is 0. The number of rotatable bonds is 9. The summed E-state index contributed by atoms with van der Waals surface area (Å²) in [6.45, 7) is 3.95. The van der Waals surface area contributed by atoms with E-state index in [1.54, 1.807) is 16.9 Å². The van der Waals surface area contributed by atoms with Gasteiger partial charge >= 0.3 is 0 Å². The summed E-state index contributed by atoms with van der Waals surface area (Å²) in [6, 6.07) is 6.79. The summed E-state index contributed by atoms with van der Waals surface area (Å²) in [5.41, 5.74) is 8.68. The molecule has 3 amide bonds. The third kappa shape index (κ3) is 4.45. The fraction of sp³-hybridized carbons (Fsp3) is 0.538. The fourth-order valence-corrected chi connectivity index (χ4v) is 5.56. The van der Waals surface area contributed by atoms with Crippen LogP contribution in [-0.4, -0.2) is 33.5 Å². The smallest absolute Gasteiger partial charge is 0.270 e. The number of nitrogens with zero attached hydrogens (tertiary/aromatic N) is 2. The van der Waals surface area contributed by atoms with Gasteiger partial charge in [0.2, 0.25) is 11.8 Å². The molecule has 1 aromatic heterocycles. The Hall–Kier alpha value is -3.16. The summed E-state index contributed by atoms with van der Waals surface area (Å²) < 4.78 is 1.68. The predicted molar refractivity (Wildman–Crippen MR) is 128 cm³/mol. The van der Waals surface area contributed by atoms with E-state index in [-0.39, 0.29) is 35.6 Å². The summed E-state index contributed by atoms with van der Waals surface area (Å²) in [5, 5.41) is 10.4. The molecule has 2 atom stereocenters. The normalized spacial score (nSPS) is 20.3. The number of carbonyl (C=O) groups excluding carboxylic acids is 3. The Morgan fingerprint density at radius 2 is 1.76 bits per heavy atom. The number of nitrogens with two attached hydrogens (primary N) is 1. The van der Waals surface area contributed by atoms with Crippen LogP contribution in [-0.2, 0) is 16.0 Å². The van der Waals surface area contributed by atoms with E-state index in [1.165, 1.54) is 0 Å². The Balaban J connectivity index is 1.37. The molecule has 1 heterocycles. The molecular formula is C26H33N5O3. The van der Waals surface area contributed by atoms with Crippen LogP contribution in [0.4, 0.5) is 5.69 Å². The molecule has 2 unspecified atom stereocenters. The second-order valence-electron chi connectivity index (χ2n) is 10.4. The topological polar surface area (TPSA) is 119 Å². The molecule has 2 fully saturated rings. The number of benzene rings is 1. The van der Waals surface area contributed by atoms with Crippen molar-refractivity contribution >= 4 is 23.4 Å². The first-order chi connectivity index (χ1) is 16.3. The Labute approximate surface area is 199 Å². The Kier molecular flexibility index (Phi) is 5.91.